The summed E-state index contributed by atoms with van der Waals surface area (Å²) in [7, 11) is 0. The molecule has 0 atom stereocenters. The number of amidine groups is 1. The van der Waals surface area contributed by atoms with Crippen molar-refractivity contribution in [2.75, 3.05) is 13.1 Å². The maximum Gasteiger partial charge on any atom is 0.234 e. The third kappa shape index (κ3) is 9.26. The maximum atomic E-state index is 11.2. The van der Waals surface area contributed by atoms with Crippen LogP contribution in [0, 0.1) is 0 Å². The third-order valence-corrected chi connectivity index (χ3v) is 1.90. The Morgan fingerprint density at radius 3 is 2.69 bits per heavy atom. The van der Waals surface area contributed by atoms with E-state index in [0.29, 0.717) is 13.0 Å². The van der Waals surface area contributed by atoms with E-state index < -0.39 is 0 Å². The molecule has 5 N–H and O–H groups in total. The number of hydrogen-bond acceptors (Lipinski definition) is 4. The monoisotopic (exact) mass is 230 g/mol. The zero-order valence-electron chi connectivity index (χ0n) is 9.99. The normalized spacial score (nSPS) is 11.8. The van der Waals surface area contributed by atoms with Crippen LogP contribution in [0.4, 0.5) is 0 Å². The molecule has 0 unspecified atom stereocenters. The lowest BCUT2D eigenvalue weighted by Gasteiger charge is -2.08. The molecule has 1 amide bonds. The lowest BCUT2D eigenvalue weighted by molar-refractivity contribution is -0.120. The smallest absolute Gasteiger partial charge is 0.234 e. The van der Waals surface area contributed by atoms with Crippen LogP contribution in [0.15, 0.2) is 5.16 Å². The van der Waals surface area contributed by atoms with Gasteiger partial charge in [-0.1, -0.05) is 5.16 Å². The van der Waals surface area contributed by atoms with Crippen LogP contribution in [0.1, 0.15) is 33.1 Å². The average Bonchev–Trinajstić information content (AvgIpc) is 2.21. The topological polar surface area (TPSA) is 99.7 Å². The Balaban J connectivity index is 3.30. The minimum Gasteiger partial charge on any atom is -0.409 e. The van der Waals surface area contributed by atoms with E-state index in [1.54, 1.807) is 0 Å². The molecule has 0 rings (SSSR count). The molecule has 0 heterocycles. The van der Waals surface area contributed by atoms with Crippen LogP contribution in [0.25, 0.3) is 0 Å². The summed E-state index contributed by atoms with van der Waals surface area (Å²) in [5.41, 5.74) is 5.31. The number of nitrogens with two attached hydrogens (primary N) is 1. The fraction of sp³-hybridized carbons (Fsp3) is 0.800. The summed E-state index contributed by atoms with van der Waals surface area (Å²) in [6.45, 7) is 4.94. The van der Waals surface area contributed by atoms with Gasteiger partial charge < -0.3 is 21.6 Å². The van der Waals surface area contributed by atoms with Gasteiger partial charge in [0.25, 0.3) is 0 Å². The third-order valence-electron chi connectivity index (χ3n) is 1.90. The van der Waals surface area contributed by atoms with E-state index in [1.165, 1.54) is 0 Å². The molecule has 16 heavy (non-hydrogen) atoms. The first-order valence-corrected chi connectivity index (χ1v) is 5.52. The number of carbonyl (C=O) groups excluding carboxylic acids is 1. The Morgan fingerprint density at radius 2 is 2.12 bits per heavy atom. The van der Waals surface area contributed by atoms with Crippen LogP contribution < -0.4 is 16.4 Å². The molecule has 6 heteroatoms. The molecular weight excluding hydrogens is 208 g/mol. The van der Waals surface area contributed by atoms with Gasteiger partial charge in [0.05, 0.1) is 6.54 Å². The van der Waals surface area contributed by atoms with E-state index in [-0.39, 0.29) is 17.8 Å². The quantitative estimate of drug-likeness (QED) is 0.155. The number of nitrogens with one attached hydrogen (secondary N) is 2. The van der Waals surface area contributed by atoms with Gasteiger partial charge in [-0.3, -0.25) is 4.79 Å². The Bertz CT molecular complexity index is 229. The number of carbonyl (C=O) groups is 1. The van der Waals surface area contributed by atoms with E-state index in [2.05, 4.69) is 15.8 Å². The first-order valence-electron chi connectivity index (χ1n) is 5.52. The number of unbranched alkanes of at least 4 members (excludes halogenated alkanes) is 1. The summed E-state index contributed by atoms with van der Waals surface area (Å²) in [6, 6.07) is 0.176. The van der Waals surface area contributed by atoms with Gasteiger partial charge in [0.15, 0.2) is 0 Å². The molecule has 0 aromatic carbocycles. The van der Waals surface area contributed by atoms with Gasteiger partial charge in [0.1, 0.15) is 5.84 Å². The van der Waals surface area contributed by atoms with E-state index in [0.717, 1.165) is 19.4 Å². The molecule has 0 aromatic heterocycles. The molecule has 0 saturated heterocycles. The first kappa shape index (κ1) is 14.7. The van der Waals surface area contributed by atoms with Crippen LogP contribution in [0.2, 0.25) is 0 Å². The Kier molecular flexibility index (Phi) is 8.24. The van der Waals surface area contributed by atoms with E-state index in [1.807, 2.05) is 13.8 Å². The van der Waals surface area contributed by atoms with Crippen molar-refractivity contribution in [3.05, 3.63) is 0 Å². The van der Waals surface area contributed by atoms with Gasteiger partial charge in [0.2, 0.25) is 5.91 Å². The highest BCUT2D eigenvalue weighted by molar-refractivity contribution is 5.79. The van der Waals surface area contributed by atoms with Gasteiger partial charge in [-0.25, -0.2) is 0 Å². The molecule has 0 saturated carbocycles. The highest BCUT2D eigenvalue weighted by atomic mass is 16.4. The van der Waals surface area contributed by atoms with Gasteiger partial charge in [-0.2, -0.15) is 0 Å². The van der Waals surface area contributed by atoms with Crippen molar-refractivity contribution < 1.29 is 10.0 Å². The number of amides is 1. The van der Waals surface area contributed by atoms with Gasteiger partial charge in [-0.05, 0) is 33.2 Å². The van der Waals surface area contributed by atoms with Crippen molar-refractivity contribution in [3.63, 3.8) is 0 Å². The summed E-state index contributed by atoms with van der Waals surface area (Å²) in [6.07, 6.45) is 2.32. The second kappa shape index (κ2) is 8.96. The van der Waals surface area contributed by atoms with E-state index >= 15 is 0 Å². The second-order valence-corrected chi connectivity index (χ2v) is 3.95. The molecular formula is C10H22N4O2. The van der Waals surface area contributed by atoms with Crippen molar-refractivity contribution in [3.8, 4) is 0 Å². The SMILES string of the molecule is CC(C)NC(=O)CNCCCCC(N)=NO. The molecule has 0 fully saturated rings. The van der Waals surface area contributed by atoms with E-state index in [9.17, 15) is 4.79 Å². The molecule has 0 aliphatic rings. The zero-order valence-corrected chi connectivity index (χ0v) is 9.99. The second-order valence-electron chi connectivity index (χ2n) is 3.95. The number of hydrogen-bond donors (Lipinski definition) is 4. The molecule has 94 valence electrons. The van der Waals surface area contributed by atoms with Crippen LogP contribution in [0.3, 0.4) is 0 Å². The van der Waals surface area contributed by atoms with Crippen molar-refractivity contribution in [1.29, 1.82) is 0 Å². The Labute approximate surface area is 96.3 Å². The molecule has 0 aliphatic heterocycles. The number of nitrogens with zero attached hydrogens (tertiary/aromatic N) is 1. The fourth-order valence-corrected chi connectivity index (χ4v) is 1.18. The largest absolute Gasteiger partial charge is 0.409 e. The Hall–Kier alpha value is -1.30. The molecule has 0 radical (unpaired) electrons. The first-order chi connectivity index (χ1) is 7.56. The molecule has 0 aliphatic carbocycles. The highest BCUT2D eigenvalue weighted by Crippen LogP contribution is 1.93. The summed E-state index contributed by atoms with van der Waals surface area (Å²) in [5.74, 6) is 0.254. The molecule has 6 nitrogen and oxygen atoms in total. The van der Waals surface area contributed by atoms with Crippen molar-refractivity contribution in [2.24, 2.45) is 10.9 Å². The van der Waals surface area contributed by atoms with Crippen LogP contribution in [0.5, 0.6) is 0 Å². The predicted molar refractivity (Wildman–Crippen MR) is 63.4 cm³/mol. The minimum atomic E-state index is 0.00596. The van der Waals surface area contributed by atoms with Crippen molar-refractivity contribution in [1.82, 2.24) is 10.6 Å². The van der Waals surface area contributed by atoms with Crippen LogP contribution >= 0.6 is 0 Å². The number of rotatable bonds is 8. The number of oxime groups is 1. The standard InChI is InChI=1S/C10H22N4O2/c1-8(2)13-10(15)7-12-6-4-3-5-9(11)14-16/h8,12,16H,3-7H2,1-2H3,(H2,11,14)(H,13,15). The summed E-state index contributed by atoms with van der Waals surface area (Å²) in [5, 5.41) is 17.0. The van der Waals surface area contributed by atoms with Gasteiger partial charge in [-0.15, -0.1) is 0 Å². The highest BCUT2D eigenvalue weighted by Gasteiger charge is 2.01. The summed E-state index contributed by atoms with van der Waals surface area (Å²) in [4.78, 5) is 11.2. The zero-order chi connectivity index (χ0) is 12.4. The van der Waals surface area contributed by atoms with Crippen LogP contribution in [-0.4, -0.2) is 36.1 Å². The molecule has 0 bridgehead atoms. The summed E-state index contributed by atoms with van der Waals surface area (Å²) >= 11 is 0. The lowest BCUT2D eigenvalue weighted by Crippen LogP contribution is -2.37. The Morgan fingerprint density at radius 1 is 1.44 bits per heavy atom. The van der Waals surface area contributed by atoms with Crippen molar-refractivity contribution in [2.45, 2.75) is 39.2 Å². The van der Waals surface area contributed by atoms with E-state index in [4.69, 9.17) is 10.9 Å². The van der Waals surface area contributed by atoms with Gasteiger partial charge >= 0.3 is 0 Å². The fourth-order valence-electron chi connectivity index (χ4n) is 1.18. The van der Waals surface area contributed by atoms with Crippen LogP contribution in [-0.2, 0) is 4.79 Å². The summed E-state index contributed by atoms with van der Waals surface area (Å²) < 4.78 is 0. The average molecular weight is 230 g/mol. The lowest BCUT2D eigenvalue weighted by atomic mass is 10.2. The minimum absolute atomic E-state index is 0.00596. The molecule has 0 spiro atoms. The van der Waals surface area contributed by atoms with Crippen molar-refractivity contribution >= 4 is 11.7 Å². The molecule has 0 aromatic rings. The van der Waals surface area contributed by atoms with Gasteiger partial charge in [0, 0.05) is 12.5 Å². The maximum absolute atomic E-state index is 11.2. The predicted octanol–water partition coefficient (Wildman–Crippen LogP) is 0.0173.